The molecule has 7 nitrogen and oxygen atoms in total. The van der Waals surface area contributed by atoms with Gasteiger partial charge in [-0.1, -0.05) is 51.4 Å². The largest absolute Gasteiger partial charge is 0.544 e. The zero-order chi connectivity index (χ0) is 27.2. The molecule has 1 amide bonds. The van der Waals surface area contributed by atoms with Gasteiger partial charge in [-0.25, -0.2) is 4.79 Å². The van der Waals surface area contributed by atoms with Crippen LogP contribution in [0.25, 0.3) is 0 Å². The lowest BCUT2D eigenvalue weighted by Gasteiger charge is -2.36. The fourth-order valence-corrected chi connectivity index (χ4v) is 5.04. The second-order valence-corrected chi connectivity index (χ2v) is 18.4. The van der Waals surface area contributed by atoms with Crippen LogP contribution in [0.1, 0.15) is 67.4 Å². The Morgan fingerprint density at radius 3 is 2.17 bits per heavy atom. The van der Waals surface area contributed by atoms with Crippen molar-refractivity contribution in [2.75, 3.05) is 0 Å². The molecule has 0 aliphatic carbocycles. The Bertz CT molecular complexity index is 921. The summed E-state index contributed by atoms with van der Waals surface area (Å²) in [5, 5.41) is 2.81. The maximum Gasteiger partial charge on any atom is 0.408 e. The summed E-state index contributed by atoms with van der Waals surface area (Å²) < 4.78 is 29.2. The van der Waals surface area contributed by atoms with E-state index in [-0.39, 0.29) is 9.81 Å². The highest BCUT2D eigenvalue weighted by Crippen LogP contribution is 2.54. The topological polar surface area (TPSA) is 94.1 Å². The van der Waals surface area contributed by atoms with Crippen molar-refractivity contribution in [1.82, 2.24) is 5.32 Å². The highest BCUT2D eigenvalue weighted by atomic mass is 35.5. The Morgan fingerprint density at radius 1 is 1.17 bits per heavy atom. The minimum absolute atomic E-state index is 0.0746. The standard InChI is InChI=1S/C25H43ClNO6PSi/c1-11-18(2)32-34(29,30)22(26)17-20(27-23(28)31-24(3,4)5)16-19-12-14-21(15-13-19)33-35(9,10)25(6,7)8/h12-15,17-18,20H,11,16H2,1-10H3,(H,27,28)(H,29,30). The SMILES string of the molecule is CCC(C)OP(=O)(O)C(Cl)=CC(Cc1ccc(O[Si](C)(C)C(C)(C)C)cc1)NC(=O)OC(C)(C)C. The van der Waals surface area contributed by atoms with Crippen molar-refractivity contribution in [2.24, 2.45) is 0 Å². The summed E-state index contributed by atoms with van der Waals surface area (Å²) in [7, 11) is -6.20. The first-order valence-corrected chi connectivity index (χ1v) is 16.8. The van der Waals surface area contributed by atoms with Gasteiger partial charge in [0.1, 0.15) is 16.1 Å². The molecule has 0 heterocycles. The third kappa shape index (κ3) is 11.1. The number of hydrogen-bond donors (Lipinski definition) is 2. The molecule has 0 aromatic heterocycles. The van der Waals surface area contributed by atoms with Crippen LogP contribution in [-0.2, 0) is 20.2 Å². The molecule has 10 heteroatoms. The molecule has 0 saturated carbocycles. The smallest absolute Gasteiger partial charge is 0.408 e. The third-order valence-electron chi connectivity index (χ3n) is 5.77. The number of nitrogens with one attached hydrogen (secondary N) is 1. The maximum atomic E-state index is 12.6. The van der Waals surface area contributed by atoms with Crippen LogP contribution in [0.4, 0.5) is 4.79 Å². The Morgan fingerprint density at radius 2 is 1.71 bits per heavy atom. The molecule has 2 N–H and O–H groups in total. The fourth-order valence-electron chi connectivity index (χ4n) is 2.63. The molecule has 0 spiro atoms. The molecule has 35 heavy (non-hydrogen) atoms. The summed E-state index contributed by atoms with van der Waals surface area (Å²) in [6.45, 7) is 19.7. The van der Waals surface area contributed by atoms with Gasteiger partial charge in [0.15, 0.2) is 0 Å². The van der Waals surface area contributed by atoms with Crippen molar-refractivity contribution in [1.29, 1.82) is 0 Å². The minimum atomic E-state index is -4.23. The summed E-state index contributed by atoms with van der Waals surface area (Å²) in [4.78, 5) is 22.7. The van der Waals surface area contributed by atoms with E-state index in [1.807, 2.05) is 31.2 Å². The molecule has 0 aliphatic rings. The molecule has 0 aliphatic heterocycles. The highest BCUT2D eigenvalue weighted by Gasteiger charge is 2.39. The van der Waals surface area contributed by atoms with Gasteiger partial charge < -0.3 is 23.9 Å². The summed E-state index contributed by atoms with van der Waals surface area (Å²) in [5.41, 5.74) is 0.182. The van der Waals surface area contributed by atoms with Gasteiger partial charge in [0.2, 0.25) is 8.32 Å². The van der Waals surface area contributed by atoms with Gasteiger partial charge in [0.25, 0.3) is 0 Å². The summed E-state index contributed by atoms with van der Waals surface area (Å²) >= 11 is 6.21. The van der Waals surface area contributed by atoms with Crippen molar-refractivity contribution in [3.63, 3.8) is 0 Å². The number of rotatable bonds is 10. The van der Waals surface area contributed by atoms with Gasteiger partial charge in [0, 0.05) is 0 Å². The van der Waals surface area contributed by atoms with Gasteiger partial charge in [0.05, 0.1) is 12.1 Å². The van der Waals surface area contributed by atoms with E-state index in [1.54, 1.807) is 27.7 Å². The van der Waals surface area contributed by atoms with Crippen LogP contribution >= 0.6 is 19.2 Å². The predicted octanol–water partition coefficient (Wildman–Crippen LogP) is 7.59. The Labute approximate surface area is 217 Å². The van der Waals surface area contributed by atoms with Crippen molar-refractivity contribution >= 4 is 33.6 Å². The van der Waals surface area contributed by atoms with Gasteiger partial charge >= 0.3 is 13.7 Å². The van der Waals surface area contributed by atoms with Crippen LogP contribution in [0.2, 0.25) is 18.1 Å². The van der Waals surface area contributed by atoms with E-state index in [9.17, 15) is 14.3 Å². The number of amides is 1. The molecule has 1 aromatic carbocycles. The Balaban J connectivity index is 3.14. The van der Waals surface area contributed by atoms with Gasteiger partial charge in [-0.3, -0.25) is 4.57 Å². The molecular weight excluding hydrogens is 505 g/mol. The normalized spacial score (nSPS) is 16.7. The van der Waals surface area contributed by atoms with Crippen LogP contribution in [0.15, 0.2) is 35.1 Å². The fraction of sp³-hybridized carbons (Fsp3) is 0.640. The van der Waals surface area contributed by atoms with E-state index >= 15 is 0 Å². The van der Waals surface area contributed by atoms with E-state index in [2.05, 4.69) is 39.2 Å². The number of carbonyl (C=O) groups is 1. The van der Waals surface area contributed by atoms with Gasteiger partial charge in [-0.15, -0.1) is 0 Å². The van der Waals surface area contributed by atoms with Crippen LogP contribution < -0.4 is 9.74 Å². The molecule has 0 saturated heterocycles. The summed E-state index contributed by atoms with van der Waals surface area (Å²) in [6.07, 6.45) is 1.11. The lowest BCUT2D eigenvalue weighted by atomic mass is 10.1. The molecular formula is C25H43ClNO6PSi. The minimum Gasteiger partial charge on any atom is -0.544 e. The first-order valence-electron chi connectivity index (χ1n) is 11.9. The first kappa shape index (κ1) is 31.7. The first-order chi connectivity index (χ1) is 15.8. The van der Waals surface area contributed by atoms with E-state index in [1.165, 1.54) is 6.08 Å². The molecule has 0 radical (unpaired) electrons. The highest BCUT2D eigenvalue weighted by molar-refractivity contribution is 7.60. The zero-order valence-electron chi connectivity index (χ0n) is 22.8. The second-order valence-electron chi connectivity index (χ2n) is 11.3. The lowest BCUT2D eigenvalue weighted by Crippen LogP contribution is -2.43. The van der Waals surface area contributed by atoms with Crippen molar-refractivity contribution in [2.45, 2.75) is 104 Å². The number of alkyl carbamates (subject to hydrolysis) is 1. The van der Waals surface area contributed by atoms with E-state index in [0.29, 0.717) is 12.8 Å². The summed E-state index contributed by atoms with van der Waals surface area (Å²) in [5.74, 6) is 0.785. The average Bonchev–Trinajstić information content (AvgIpc) is 2.66. The maximum absolute atomic E-state index is 12.6. The van der Waals surface area contributed by atoms with Crippen molar-refractivity contribution < 1.29 is 27.9 Å². The number of halogens is 1. The van der Waals surface area contributed by atoms with E-state index in [4.69, 9.17) is 25.3 Å². The molecule has 1 aromatic rings. The molecule has 0 fully saturated rings. The van der Waals surface area contributed by atoms with Gasteiger partial charge in [-0.2, -0.15) is 0 Å². The lowest BCUT2D eigenvalue weighted by molar-refractivity contribution is 0.0514. The third-order valence-corrected chi connectivity index (χ3v) is 12.2. The van der Waals surface area contributed by atoms with Crippen molar-refractivity contribution in [3.8, 4) is 5.75 Å². The average molecular weight is 548 g/mol. The van der Waals surface area contributed by atoms with Crippen LogP contribution in [0.3, 0.4) is 0 Å². The van der Waals surface area contributed by atoms with E-state index in [0.717, 1.165) is 11.3 Å². The second kappa shape index (κ2) is 12.3. The molecule has 3 atom stereocenters. The number of ether oxygens (including phenoxy) is 1. The number of carbonyl (C=O) groups excluding carboxylic acids is 1. The molecule has 1 rings (SSSR count). The quantitative estimate of drug-likeness (QED) is 0.231. The van der Waals surface area contributed by atoms with Crippen molar-refractivity contribution in [3.05, 3.63) is 40.7 Å². The van der Waals surface area contributed by atoms with Crippen LogP contribution in [0.5, 0.6) is 5.75 Å². The van der Waals surface area contributed by atoms with Gasteiger partial charge in [-0.05, 0) is 82.4 Å². The number of hydrogen-bond acceptors (Lipinski definition) is 5. The zero-order valence-corrected chi connectivity index (χ0v) is 25.4. The van der Waals surface area contributed by atoms with Crippen LogP contribution in [0, 0.1) is 0 Å². The Kier molecular flexibility index (Phi) is 11.1. The molecule has 200 valence electrons. The summed E-state index contributed by atoms with van der Waals surface area (Å²) in [6, 6.07) is 6.90. The molecule has 0 bridgehead atoms. The molecule has 3 unspecified atom stereocenters. The van der Waals surface area contributed by atoms with E-state index < -0.39 is 39.8 Å². The number of benzene rings is 1. The predicted molar refractivity (Wildman–Crippen MR) is 146 cm³/mol. The van der Waals surface area contributed by atoms with Crippen LogP contribution in [-0.4, -0.2) is 37.1 Å². The monoisotopic (exact) mass is 547 g/mol. The Hall–Kier alpha value is -1.31.